The molecule has 5 heteroatoms. The number of hydrogen-bond acceptors (Lipinski definition) is 3. The first kappa shape index (κ1) is 19.0. The summed E-state index contributed by atoms with van der Waals surface area (Å²) in [4.78, 5) is 16.2. The first-order valence-electron chi connectivity index (χ1n) is 9.58. The Morgan fingerprint density at radius 3 is 2.74 bits per heavy atom. The van der Waals surface area contributed by atoms with Gasteiger partial charge in [-0.1, -0.05) is 37.3 Å². The topological polar surface area (TPSA) is 56.2 Å². The maximum absolute atomic E-state index is 11.5. The van der Waals surface area contributed by atoms with Gasteiger partial charge in [0.1, 0.15) is 11.6 Å². The molecule has 0 aliphatic heterocycles. The number of para-hydroxylation sites is 3. The number of aryl methyl sites for hydroxylation is 2. The minimum absolute atomic E-state index is 0.0734. The lowest BCUT2D eigenvalue weighted by Crippen LogP contribution is -2.25. The van der Waals surface area contributed by atoms with Crippen molar-refractivity contribution in [3.05, 3.63) is 59.9 Å². The van der Waals surface area contributed by atoms with Gasteiger partial charge in [0.25, 0.3) is 0 Å². The smallest absolute Gasteiger partial charge is 0.219 e. The minimum Gasteiger partial charge on any atom is -0.493 e. The Morgan fingerprint density at radius 2 is 1.93 bits per heavy atom. The van der Waals surface area contributed by atoms with Gasteiger partial charge >= 0.3 is 0 Å². The Labute approximate surface area is 160 Å². The lowest BCUT2D eigenvalue weighted by molar-refractivity contribution is -0.120. The number of fused-ring (bicyclic) bond motifs is 1. The van der Waals surface area contributed by atoms with Crippen molar-refractivity contribution < 1.29 is 9.53 Å². The number of imidazole rings is 1. The largest absolute Gasteiger partial charge is 0.493 e. The molecule has 0 aliphatic rings. The molecule has 27 heavy (non-hydrogen) atoms. The third kappa shape index (κ3) is 4.88. The van der Waals surface area contributed by atoms with Gasteiger partial charge in [0, 0.05) is 25.9 Å². The van der Waals surface area contributed by atoms with E-state index in [-0.39, 0.29) is 5.91 Å². The Balaban J connectivity index is 1.64. The van der Waals surface area contributed by atoms with Crippen molar-refractivity contribution in [3.8, 4) is 5.75 Å². The number of hydrogen-bond donors (Lipinski definition) is 1. The van der Waals surface area contributed by atoms with E-state index in [4.69, 9.17) is 9.72 Å². The molecule has 0 bridgehead atoms. The summed E-state index contributed by atoms with van der Waals surface area (Å²) >= 11 is 0. The zero-order chi connectivity index (χ0) is 19.1. The maximum Gasteiger partial charge on any atom is 0.219 e. The van der Waals surface area contributed by atoms with Crippen LogP contribution in [0.5, 0.6) is 5.75 Å². The van der Waals surface area contributed by atoms with Gasteiger partial charge < -0.3 is 14.6 Å². The third-order valence-corrected chi connectivity index (χ3v) is 4.60. The van der Waals surface area contributed by atoms with Crippen LogP contribution in [-0.2, 0) is 17.8 Å². The summed E-state index contributed by atoms with van der Waals surface area (Å²) in [5.74, 6) is 2.02. The van der Waals surface area contributed by atoms with Gasteiger partial charge in [0.05, 0.1) is 17.6 Å². The summed E-state index contributed by atoms with van der Waals surface area (Å²) in [7, 11) is 0. The van der Waals surface area contributed by atoms with E-state index >= 15 is 0 Å². The molecule has 3 aromatic rings. The van der Waals surface area contributed by atoms with E-state index in [1.54, 1.807) is 0 Å². The van der Waals surface area contributed by atoms with Crippen molar-refractivity contribution in [1.82, 2.24) is 14.9 Å². The van der Waals surface area contributed by atoms with Crippen molar-refractivity contribution in [2.24, 2.45) is 0 Å². The first-order valence-corrected chi connectivity index (χ1v) is 9.58. The van der Waals surface area contributed by atoms with E-state index in [9.17, 15) is 4.79 Å². The average molecular weight is 365 g/mol. The Morgan fingerprint density at radius 1 is 1.15 bits per heavy atom. The van der Waals surface area contributed by atoms with Crippen LogP contribution in [0.15, 0.2) is 48.5 Å². The molecule has 1 N–H and O–H groups in total. The molecule has 1 heterocycles. The minimum atomic E-state index is 0.0734. The van der Waals surface area contributed by atoms with Crippen molar-refractivity contribution >= 4 is 16.9 Å². The van der Waals surface area contributed by atoms with Crippen LogP contribution in [0.2, 0.25) is 0 Å². The molecule has 5 nitrogen and oxygen atoms in total. The molecule has 0 spiro atoms. The molecule has 0 radical (unpaired) electrons. The number of nitrogens with zero attached hydrogens (tertiary/aromatic N) is 2. The number of carbonyl (C=O) groups is 1. The summed E-state index contributed by atoms with van der Waals surface area (Å²) in [6.07, 6.45) is 2.12. The summed E-state index contributed by atoms with van der Waals surface area (Å²) in [5.41, 5.74) is 3.28. The summed E-state index contributed by atoms with van der Waals surface area (Å²) in [5, 5.41) is 2.93. The Hall–Kier alpha value is -2.82. The molecule has 3 rings (SSSR count). The molecule has 2 aromatic carbocycles. The zero-order valence-electron chi connectivity index (χ0n) is 16.1. The van der Waals surface area contributed by atoms with E-state index in [1.165, 1.54) is 0 Å². The molecule has 0 unspecified atom stereocenters. The average Bonchev–Trinajstić information content (AvgIpc) is 3.04. The van der Waals surface area contributed by atoms with E-state index in [2.05, 4.69) is 28.9 Å². The molecule has 0 fully saturated rings. The molecule has 0 aliphatic carbocycles. The van der Waals surface area contributed by atoms with E-state index in [1.807, 2.05) is 43.3 Å². The number of ether oxygens (including phenoxy) is 1. The molecule has 0 saturated carbocycles. The fourth-order valence-electron chi connectivity index (χ4n) is 3.13. The summed E-state index contributed by atoms with van der Waals surface area (Å²) in [6.45, 7) is 6.02. The second-order valence-corrected chi connectivity index (χ2v) is 6.59. The van der Waals surface area contributed by atoms with Crippen molar-refractivity contribution in [3.63, 3.8) is 0 Å². The fraction of sp³-hybridized carbons (Fsp3) is 0.364. The van der Waals surface area contributed by atoms with Crippen LogP contribution in [0.4, 0.5) is 0 Å². The molecular formula is C22H27N3O2. The molecule has 1 aromatic heterocycles. The first-order chi connectivity index (χ1) is 13.2. The van der Waals surface area contributed by atoms with Crippen LogP contribution in [0.1, 0.15) is 31.2 Å². The van der Waals surface area contributed by atoms with Crippen LogP contribution in [0, 0.1) is 6.92 Å². The quantitative estimate of drug-likeness (QED) is 0.586. The number of carbonyl (C=O) groups excluding carboxylic acids is 1. The highest BCUT2D eigenvalue weighted by Crippen LogP contribution is 2.19. The van der Waals surface area contributed by atoms with Gasteiger partial charge in [-0.05, 0) is 37.1 Å². The third-order valence-electron chi connectivity index (χ3n) is 4.60. The highest BCUT2D eigenvalue weighted by molar-refractivity contribution is 5.76. The van der Waals surface area contributed by atoms with Gasteiger partial charge in [0.15, 0.2) is 0 Å². The molecule has 142 valence electrons. The number of rotatable bonds is 9. The van der Waals surface area contributed by atoms with Gasteiger partial charge in [-0.15, -0.1) is 0 Å². The van der Waals surface area contributed by atoms with Crippen LogP contribution >= 0.6 is 0 Å². The monoisotopic (exact) mass is 365 g/mol. The lowest BCUT2D eigenvalue weighted by Gasteiger charge is -2.12. The van der Waals surface area contributed by atoms with Crippen LogP contribution in [-0.4, -0.2) is 28.6 Å². The maximum atomic E-state index is 11.5. The van der Waals surface area contributed by atoms with E-state index in [0.29, 0.717) is 19.6 Å². The predicted octanol–water partition coefficient (Wildman–Crippen LogP) is 3.88. The van der Waals surface area contributed by atoms with Crippen molar-refractivity contribution in [2.75, 3.05) is 13.2 Å². The van der Waals surface area contributed by atoms with Crippen LogP contribution in [0.25, 0.3) is 11.0 Å². The van der Waals surface area contributed by atoms with Gasteiger partial charge in [-0.25, -0.2) is 4.98 Å². The molecular weight excluding hydrogens is 338 g/mol. The van der Waals surface area contributed by atoms with Crippen LogP contribution in [0.3, 0.4) is 0 Å². The molecule has 0 atom stereocenters. The second kappa shape index (κ2) is 9.21. The number of nitrogens with one attached hydrogen (secondary N) is 1. The number of aromatic nitrogens is 2. The Bertz CT molecular complexity index is 901. The van der Waals surface area contributed by atoms with E-state index in [0.717, 1.165) is 47.6 Å². The van der Waals surface area contributed by atoms with Gasteiger partial charge in [-0.3, -0.25) is 4.79 Å². The highest BCUT2D eigenvalue weighted by atomic mass is 16.5. The van der Waals surface area contributed by atoms with Crippen LogP contribution < -0.4 is 10.1 Å². The zero-order valence-corrected chi connectivity index (χ0v) is 16.1. The highest BCUT2D eigenvalue weighted by Gasteiger charge is 2.10. The number of amides is 1. The fourth-order valence-corrected chi connectivity index (χ4v) is 3.13. The molecule has 0 saturated heterocycles. The Kier molecular flexibility index (Phi) is 6.47. The number of benzene rings is 2. The van der Waals surface area contributed by atoms with Gasteiger partial charge in [-0.2, -0.15) is 0 Å². The van der Waals surface area contributed by atoms with Crippen molar-refractivity contribution in [1.29, 1.82) is 0 Å². The standard InChI is InChI=1S/C22H27N3O2/c1-3-22(26)23-14-13-21-24-18-10-5-6-11-19(18)25(21)15-8-16-27-20-12-7-4-9-17(20)2/h4-7,9-12H,3,8,13-16H2,1-2H3,(H,23,26). The van der Waals surface area contributed by atoms with E-state index < -0.39 is 0 Å². The SMILES string of the molecule is CCC(=O)NCCc1nc2ccccc2n1CCCOc1ccccc1C. The summed E-state index contributed by atoms with van der Waals surface area (Å²) < 4.78 is 8.17. The normalized spacial score (nSPS) is 10.9. The summed E-state index contributed by atoms with van der Waals surface area (Å²) in [6, 6.07) is 16.2. The predicted molar refractivity (Wildman–Crippen MR) is 108 cm³/mol. The second-order valence-electron chi connectivity index (χ2n) is 6.59. The molecule has 1 amide bonds. The van der Waals surface area contributed by atoms with Gasteiger partial charge in [0.2, 0.25) is 5.91 Å². The lowest BCUT2D eigenvalue weighted by atomic mass is 10.2. The van der Waals surface area contributed by atoms with Crippen molar-refractivity contribution in [2.45, 2.75) is 39.7 Å².